The number of nitrogens with one attached hydrogen (secondary N) is 1. The highest BCUT2D eigenvalue weighted by atomic mass is 35.5. The van der Waals surface area contributed by atoms with Gasteiger partial charge in [-0.3, -0.25) is 0 Å². The summed E-state index contributed by atoms with van der Waals surface area (Å²) in [6.45, 7) is 0.388. The molecule has 0 aliphatic rings. The summed E-state index contributed by atoms with van der Waals surface area (Å²) in [4.78, 5) is 0.0121. The van der Waals surface area contributed by atoms with Gasteiger partial charge in [-0.1, -0.05) is 11.6 Å². The number of thioether (sulfide) groups is 1. The monoisotopic (exact) mass is 318 g/mol. The second-order valence-corrected chi connectivity index (χ2v) is 6.98. The summed E-state index contributed by atoms with van der Waals surface area (Å²) < 4.78 is 26.5. The van der Waals surface area contributed by atoms with Crippen molar-refractivity contribution in [3.8, 4) is 6.07 Å². The highest BCUT2D eigenvalue weighted by Crippen LogP contribution is 2.22. The van der Waals surface area contributed by atoms with E-state index in [9.17, 15) is 8.42 Å². The fourth-order valence-electron chi connectivity index (χ4n) is 1.44. The summed E-state index contributed by atoms with van der Waals surface area (Å²) >= 11 is 7.62. The van der Waals surface area contributed by atoms with Crippen LogP contribution < -0.4 is 4.72 Å². The summed E-state index contributed by atoms with van der Waals surface area (Å²) in [7, 11) is -3.60. The summed E-state index contributed by atoms with van der Waals surface area (Å²) in [5, 5.41) is 8.77. The summed E-state index contributed by atoms with van der Waals surface area (Å²) in [5.74, 6) is 1.01. The Kier molecular flexibility index (Phi) is 6.66. The molecule has 0 saturated heterocycles. The number of sulfonamides is 1. The van der Waals surface area contributed by atoms with Crippen LogP contribution in [0.1, 0.15) is 18.4 Å². The third-order valence-corrected chi connectivity index (χ3v) is 5.06. The fraction of sp³-hybridized carbons (Fsp3) is 0.417. The molecule has 1 rings (SSSR count). The number of rotatable bonds is 7. The number of unbranched alkanes of at least 4 members (excludes halogenated alkanes) is 1. The van der Waals surface area contributed by atoms with Gasteiger partial charge < -0.3 is 0 Å². The second-order valence-electron chi connectivity index (χ2n) is 3.85. The van der Waals surface area contributed by atoms with E-state index in [0.29, 0.717) is 12.1 Å². The average Bonchev–Trinajstić information content (AvgIpc) is 2.37. The molecule has 1 aromatic rings. The molecule has 0 atom stereocenters. The molecule has 0 bridgehead atoms. The van der Waals surface area contributed by atoms with Gasteiger partial charge in [-0.2, -0.15) is 17.0 Å². The number of halogens is 1. The van der Waals surface area contributed by atoms with Gasteiger partial charge in [0.15, 0.2) is 0 Å². The fourth-order valence-corrected chi connectivity index (χ4v) is 3.55. The Morgan fingerprint density at radius 1 is 1.42 bits per heavy atom. The molecule has 0 heterocycles. The van der Waals surface area contributed by atoms with E-state index in [1.807, 2.05) is 12.3 Å². The Balaban J connectivity index is 2.70. The topological polar surface area (TPSA) is 70.0 Å². The van der Waals surface area contributed by atoms with Crippen molar-refractivity contribution in [3.05, 3.63) is 28.8 Å². The van der Waals surface area contributed by atoms with E-state index in [1.165, 1.54) is 18.2 Å². The third-order valence-electron chi connectivity index (χ3n) is 2.42. The highest BCUT2D eigenvalue weighted by Gasteiger charge is 2.17. The van der Waals surface area contributed by atoms with Crippen LogP contribution in [0.2, 0.25) is 5.02 Å². The van der Waals surface area contributed by atoms with Crippen LogP contribution >= 0.6 is 23.4 Å². The predicted molar refractivity (Wildman–Crippen MR) is 79.0 cm³/mol. The van der Waals surface area contributed by atoms with Crippen molar-refractivity contribution in [1.82, 2.24) is 4.72 Å². The van der Waals surface area contributed by atoms with Gasteiger partial charge in [0, 0.05) is 6.54 Å². The van der Waals surface area contributed by atoms with Crippen LogP contribution in [0.4, 0.5) is 0 Å². The molecule has 0 aromatic heterocycles. The zero-order chi connectivity index (χ0) is 14.3. The van der Waals surface area contributed by atoms with Gasteiger partial charge in [0.2, 0.25) is 10.0 Å². The Hall–Kier alpha value is -0.740. The molecule has 0 spiro atoms. The number of nitriles is 1. The Labute approximate surface area is 123 Å². The summed E-state index contributed by atoms with van der Waals surface area (Å²) in [6.07, 6.45) is 3.76. The van der Waals surface area contributed by atoms with Crippen LogP contribution in [-0.2, 0) is 10.0 Å². The van der Waals surface area contributed by atoms with E-state index >= 15 is 0 Å². The Bertz CT molecular complexity index is 568. The maximum atomic E-state index is 12.0. The first-order chi connectivity index (χ1) is 9.01. The molecular weight excluding hydrogens is 304 g/mol. The standard InChI is InChI=1S/C12H15ClN2O2S2/c1-18-7-3-2-6-15-19(16,17)12-5-4-10(9-14)8-11(12)13/h4-5,8,15H,2-3,6-7H2,1H3. The number of hydrogen-bond donors (Lipinski definition) is 1. The molecule has 0 saturated carbocycles. The van der Waals surface area contributed by atoms with Crippen LogP contribution in [0.5, 0.6) is 0 Å². The lowest BCUT2D eigenvalue weighted by Crippen LogP contribution is -2.25. The zero-order valence-corrected chi connectivity index (χ0v) is 12.9. The van der Waals surface area contributed by atoms with E-state index in [4.69, 9.17) is 16.9 Å². The number of nitrogens with zero attached hydrogens (tertiary/aromatic N) is 1. The lowest BCUT2D eigenvalue weighted by atomic mass is 10.2. The van der Waals surface area contributed by atoms with E-state index < -0.39 is 10.0 Å². The van der Waals surface area contributed by atoms with E-state index in [-0.39, 0.29) is 9.92 Å². The van der Waals surface area contributed by atoms with Gasteiger partial charge in [0.05, 0.1) is 16.7 Å². The average molecular weight is 319 g/mol. The van der Waals surface area contributed by atoms with Crippen molar-refractivity contribution in [3.63, 3.8) is 0 Å². The van der Waals surface area contributed by atoms with Crippen molar-refractivity contribution in [2.24, 2.45) is 0 Å². The molecule has 0 unspecified atom stereocenters. The molecule has 104 valence electrons. The first kappa shape index (κ1) is 16.3. The van der Waals surface area contributed by atoms with E-state index in [1.54, 1.807) is 11.8 Å². The summed E-state index contributed by atoms with van der Waals surface area (Å²) in [6, 6.07) is 6.05. The molecule has 0 fully saturated rings. The quantitative estimate of drug-likeness (QED) is 0.785. The summed E-state index contributed by atoms with van der Waals surface area (Å²) in [5.41, 5.74) is 0.337. The molecule has 0 aliphatic carbocycles. The van der Waals surface area contributed by atoms with Gasteiger partial charge >= 0.3 is 0 Å². The Morgan fingerprint density at radius 2 is 2.16 bits per heavy atom. The van der Waals surface area contributed by atoms with Crippen molar-refractivity contribution < 1.29 is 8.42 Å². The molecular formula is C12H15ClN2O2S2. The van der Waals surface area contributed by atoms with Gasteiger partial charge in [-0.15, -0.1) is 0 Å². The van der Waals surface area contributed by atoms with Crippen molar-refractivity contribution >= 4 is 33.4 Å². The molecule has 0 amide bonds. The minimum atomic E-state index is -3.60. The SMILES string of the molecule is CSCCCCNS(=O)(=O)c1ccc(C#N)cc1Cl. The normalized spacial score (nSPS) is 11.2. The van der Waals surface area contributed by atoms with E-state index in [2.05, 4.69) is 4.72 Å². The largest absolute Gasteiger partial charge is 0.242 e. The molecule has 4 nitrogen and oxygen atoms in total. The second kappa shape index (κ2) is 7.75. The molecule has 0 radical (unpaired) electrons. The van der Waals surface area contributed by atoms with Crippen molar-refractivity contribution in [1.29, 1.82) is 5.26 Å². The zero-order valence-electron chi connectivity index (χ0n) is 10.5. The van der Waals surface area contributed by atoms with Gasteiger partial charge in [-0.05, 0) is 43.0 Å². The van der Waals surface area contributed by atoms with Crippen LogP contribution in [0, 0.1) is 11.3 Å². The first-order valence-corrected chi connectivity index (χ1v) is 8.95. The molecule has 1 aromatic carbocycles. The van der Waals surface area contributed by atoms with E-state index in [0.717, 1.165) is 18.6 Å². The van der Waals surface area contributed by atoms with Crippen LogP contribution in [0.25, 0.3) is 0 Å². The first-order valence-electron chi connectivity index (χ1n) is 5.69. The van der Waals surface area contributed by atoms with Crippen molar-refractivity contribution in [2.75, 3.05) is 18.6 Å². The van der Waals surface area contributed by atoms with Crippen molar-refractivity contribution in [2.45, 2.75) is 17.7 Å². The van der Waals surface area contributed by atoms with Gasteiger partial charge in [0.1, 0.15) is 4.90 Å². The third kappa shape index (κ3) is 5.03. The molecule has 1 N–H and O–H groups in total. The van der Waals surface area contributed by atoms with Crippen LogP contribution in [0.15, 0.2) is 23.1 Å². The van der Waals surface area contributed by atoms with Gasteiger partial charge in [-0.25, -0.2) is 13.1 Å². The molecule has 0 aliphatic heterocycles. The minimum Gasteiger partial charge on any atom is -0.211 e. The highest BCUT2D eigenvalue weighted by molar-refractivity contribution is 7.98. The lowest BCUT2D eigenvalue weighted by Gasteiger charge is -2.08. The molecule has 19 heavy (non-hydrogen) atoms. The lowest BCUT2D eigenvalue weighted by molar-refractivity contribution is 0.578. The number of hydrogen-bond acceptors (Lipinski definition) is 4. The van der Waals surface area contributed by atoms with Crippen LogP contribution in [0.3, 0.4) is 0 Å². The maximum Gasteiger partial charge on any atom is 0.242 e. The smallest absolute Gasteiger partial charge is 0.211 e. The Morgan fingerprint density at radius 3 is 2.74 bits per heavy atom. The maximum absolute atomic E-state index is 12.0. The van der Waals surface area contributed by atoms with Crippen LogP contribution in [-0.4, -0.2) is 27.0 Å². The van der Waals surface area contributed by atoms with Gasteiger partial charge in [0.25, 0.3) is 0 Å². The predicted octanol–water partition coefficient (Wildman–Crippen LogP) is 2.63. The molecule has 7 heteroatoms. The minimum absolute atomic E-state index is 0.0121. The number of benzene rings is 1.